The second-order valence-corrected chi connectivity index (χ2v) is 5.56. The van der Waals surface area contributed by atoms with E-state index in [0.717, 1.165) is 44.0 Å². The van der Waals surface area contributed by atoms with Gasteiger partial charge in [-0.1, -0.05) is 20.8 Å². The summed E-state index contributed by atoms with van der Waals surface area (Å²) in [5.41, 5.74) is 0.144. The maximum absolute atomic E-state index is 8.88. The van der Waals surface area contributed by atoms with Gasteiger partial charge in [-0.2, -0.15) is 0 Å². The zero-order valence-corrected chi connectivity index (χ0v) is 12.2. The summed E-state index contributed by atoms with van der Waals surface area (Å²) in [6.45, 7) is 8.49. The van der Waals surface area contributed by atoms with E-state index in [9.17, 15) is 0 Å². The molecule has 0 aliphatic rings. The van der Waals surface area contributed by atoms with E-state index in [0.29, 0.717) is 0 Å². The predicted octanol–water partition coefficient (Wildman–Crippen LogP) is 2.51. The van der Waals surface area contributed by atoms with Gasteiger partial charge in [0.05, 0.1) is 0 Å². The van der Waals surface area contributed by atoms with E-state index in [1.54, 1.807) is 6.33 Å². The van der Waals surface area contributed by atoms with Gasteiger partial charge < -0.3 is 15.7 Å². The van der Waals surface area contributed by atoms with Gasteiger partial charge in [0.1, 0.15) is 18.0 Å². The number of hydrogen-bond acceptors (Lipinski definition) is 5. The molecule has 0 saturated heterocycles. The smallest absolute Gasteiger partial charge is 0.131 e. The van der Waals surface area contributed by atoms with Gasteiger partial charge >= 0.3 is 0 Å². The molecule has 108 valence electrons. The molecule has 19 heavy (non-hydrogen) atoms. The van der Waals surface area contributed by atoms with Crippen LogP contribution >= 0.6 is 0 Å². The fourth-order valence-corrected chi connectivity index (χ4v) is 1.78. The Labute approximate surface area is 115 Å². The van der Waals surface area contributed by atoms with E-state index >= 15 is 0 Å². The molecule has 0 amide bonds. The second kappa shape index (κ2) is 7.94. The van der Waals surface area contributed by atoms with Gasteiger partial charge in [-0.3, -0.25) is 0 Å². The number of anilines is 2. The molecular formula is C14H26N4O. The molecule has 1 rings (SSSR count). The zero-order chi connectivity index (χ0) is 14.1. The number of aliphatic hydroxyl groups excluding tert-OH is 1. The summed E-state index contributed by atoms with van der Waals surface area (Å²) < 4.78 is 0. The van der Waals surface area contributed by atoms with Crippen LogP contribution in [0.1, 0.15) is 40.0 Å². The van der Waals surface area contributed by atoms with E-state index in [2.05, 4.69) is 41.4 Å². The second-order valence-electron chi connectivity index (χ2n) is 5.56. The van der Waals surface area contributed by atoms with Crippen molar-refractivity contribution in [3.63, 3.8) is 0 Å². The van der Waals surface area contributed by atoms with Gasteiger partial charge in [0.15, 0.2) is 0 Å². The minimum absolute atomic E-state index is 0.144. The van der Waals surface area contributed by atoms with E-state index in [1.807, 2.05) is 6.07 Å². The molecule has 0 aromatic carbocycles. The van der Waals surface area contributed by atoms with Crippen LogP contribution in [0.3, 0.4) is 0 Å². The van der Waals surface area contributed by atoms with Crippen molar-refractivity contribution in [2.75, 3.05) is 30.3 Å². The fourth-order valence-electron chi connectivity index (χ4n) is 1.78. The third-order valence-corrected chi connectivity index (χ3v) is 2.98. The summed E-state index contributed by atoms with van der Waals surface area (Å²) in [6, 6.07) is 1.93. The first-order valence-electron chi connectivity index (χ1n) is 6.98. The lowest BCUT2D eigenvalue weighted by Crippen LogP contribution is -2.24. The van der Waals surface area contributed by atoms with Crippen molar-refractivity contribution in [2.24, 2.45) is 5.41 Å². The maximum Gasteiger partial charge on any atom is 0.131 e. The first kappa shape index (κ1) is 15.7. The van der Waals surface area contributed by atoms with Crippen LogP contribution in [0.4, 0.5) is 11.6 Å². The van der Waals surface area contributed by atoms with Crippen molar-refractivity contribution in [3.05, 3.63) is 12.4 Å². The monoisotopic (exact) mass is 266 g/mol. The van der Waals surface area contributed by atoms with Crippen molar-refractivity contribution in [1.82, 2.24) is 9.97 Å². The van der Waals surface area contributed by atoms with Crippen molar-refractivity contribution >= 4 is 11.6 Å². The summed E-state index contributed by atoms with van der Waals surface area (Å²) in [4.78, 5) is 8.39. The van der Waals surface area contributed by atoms with Gasteiger partial charge in [0.2, 0.25) is 0 Å². The third kappa shape index (κ3) is 6.38. The Kier molecular flexibility index (Phi) is 6.56. The van der Waals surface area contributed by atoms with Gasteiger partial charge in [-0.25, -0.2) is 9.97 Å². The van der Waals surface area contributed by atoms with Gasteiger partial charge in [-0.05, 0) is 24.7 Å². The quantitative estimate of drug-likeness (QED) is 0.640. The van der Waals surface area contributed by atoms with Gasteiger partial charge in [0.25, 0.3) is 0 Å². The summed E-state index contributed by atoms with van der Waals surface area (Å²) in [5.74, 6) is 1.69. The molecule has 0 fully saturated rings. The highest BCUT2D eigenvalue weighted by atomic mass is 16.2. The van der Waals surface area contributed by atoms with E-state index in [4.69, 9.17) is 5.11 Å². The molecule has 0 unspecified atom stereocenters. The maximum atomic E-state index is 8.88. The Morgan fingerprint density at radius 3 is 2.53 bits per heavy atom. The normalized spacial score (nSPS) is 11.4. The minimum Gasteiger partial charge on any atom is -0.396 e. The Bertz CT molecular complexity index is 368. The average molecular weight is 266 g/mol. The van der Waals surface area contributed by atoms with E-state index in [-0.39, 0.29) is 12.0 Å². The molecular weight excluding hydrogens is 240 g/mol. The molecule has 0 bridgehead atoms. The van der Waals surface area contributed by atoms with Crippen LogP contribution in [-0.2, 0) is 0 Å². The van der Waals surface area contributed by atoms with Crippen LogP contribution in [0.15, 0.2) is 12.4 Å². The lowest BCUT2D eigenvalue weighted by atomic mass is 9.88. The van der Waals surface area contributed by atoms with Crippen molar-refractivity contribution in [2.45, 2.75) is 40.0 Å². The first-order valence-corrected chi connectivity index (χ1v) is 6.98. The molecule has 0 aliphatic carbocycles. The molecule has 0 radical (unpaired) electrons. The predicted molar refractivity (Wildman–Crippen MR) is 79.4 cm³/mol. The van der Waals surface area contributed by atoms with Gasteiger partial charge in [-0.15, -0.1) is 0 Å². The molecule has 0 aliphatic heterocycles. The highest BCUT2D eigenvalue weighted by Gasteiger charge is 2.17. The zero-order valence-electron chi connectivity index (χ0n) is 12.2. The molecule has 5 heteroatoms. The molecule has 0 spiro atoms. The molecule has 5 nitrogen and oxygen atoms in total. The lowest BCUT2D eigenvalue weighted by molar-refractivity contribution is 0.248. The van der Waals surface area contributed by atoms with Crippen molar-refractivity contribution in [3.8, 4) is 0 Å². The number of rotatable bonds is 9. The standard InChI is InChI=1S/C14H26N4O/c1-4-7-15-12-9-13(18-11-17-12)16-10-14(2,3)6-5-8-19/h9,11,19H,4-8,10H2,1-3H3,(H2,15,16,17,18). The van der Waals surface area contributed by atoms with Gasteiger partial charge in [0, 0.05) is 25.8 Å². The largest absolute Gasteiger partial charge is 0.396 e. The summed E-state index contributed by atoms with van der Waals surface area (Å²) in [6.07, 6.45) is 4.46. The highest BCUT2D eigenvalue weighted by molar-refractivity contribution is 5.46. The van der Waals surface area contributed by atoms with E-state index in [1.165, 1.54) is 0 Å². The number of nitrogens with zero attached hydrogens (tertiary/aromatic N) is 2. The SMILES string of the molecule is CCCNc1cc(NCC(C)(C)CCCO)ncn1. The molecule has 1 aromatic rings. The Morgan fingerprint density at radius 2 is 1.89 bits per heavy atom. The number of nitrogens with one attached hydrogen (secondary N) is 2. The Hall–Kier alpha value is -1.36. The molecule has 1 heterocycles. The van der Waals surface area contributed by atoms with Crippen molar-refractivity contribution in [1.29, 1.82) is 0 Å². The lowest BCUT2D eigenvalue weighted by Gasteiger charge is -2.24. The molecule has 3 N–H and O–H groups in total. The molecule has 1 aromatic heterocycles. The Morgan fingerprint density at radius 1 is 1.21 bits per heavy atom. The third-order valence-electron chi connectivity index (χ3n) is 2.98. The van der Waals surface area contributed by atoms with Crippen molar-refractivity contribution < 1.29 is 5.11 Å². The van der Waals surface area contributed by atoms with Crippen LogP contribution in [0.2, 0.25) is 0 Å². The minimum atomic E-state index is 0.144. The van der Waals surface area contributed by atoms with Crippen LogP contribution in [0, 0.1) is 5.41 Å². The molecule has 0 atom stereocenters. The van der Waals surface area contributed by atoms with Crippen LogP contribution in [0.25, 0.3) is 0 Å². The van der Waals surface area contributed by atoms with Crippen LogP contribution in [0.5, 0.6) is 0 Å². The summed E-state index contributed by atoms with van der Waals surface area (Å²) >= 11 is 0. The fraction of sp³-hybridized carbons (Fsp3) is 0.714. The summed E-state index contributed by atoms with van der Waals surface area (Å²) in [7, 11) is 0. The topological polar surface area (TPSA) is 70.1 Å². The first-order chi connectivity index (χ1) is 9.07. The van der Waals surface area contributed by atoms with Crippen LogP contribution in [-0.4, -0.2) is 34.8 Å². The number of aromatic nitrogens is 2. The van der Waals surface area contributed by atoms with E-state index < -0.39 is 0 Å². The number of aliphatic hydroxyl groups is 1. The summed E-state index contributed by atoms with van der Waals surface area (Å²) in [5, 5.41) is 15.5. The Balaban J connectivity index is 2.48. The highest BCUT2D eigenvalue weighted by Crippen LogP contribution is 2.22. The number of hydrogen-bond donors (Lipinski definition) is 3. The molecule has 0 saturated carbocycles. The van der Waals surface area contributed by atoms with Crippen LogP contribution < -0.4 is 10.6 Å². The average Bonchev–Trinajstić information content (AvgIpc) is 2.41.